The van der Waals surface area contributed by atoms with Gasteiger partial charge in [-0.3, -0.25) is 0 Å². The van der Waals surface area contributed by atoms with Crippen molar-refractivity contribution in [2.75, 3.05) is 7.05 Å². The first-order chi connectivity index (χ1) is 9.02. The lowest BCUT2D eigenvalue weighted by molar-refractivity contribution is 0.551. The van der Waals surface area contributed by atoms with Crippen molar-refractivity contribution in [3.8, 4) is 0 Å². The zero-order valence-corrected chi connectivity index (χ0v) is 13.0. The first-order valence-electron chi connectivity index (χ1n) is 5.60. The molecular weight excluding hydrogens is 383 g/mol. The molecule has 0 aliphatic heterocycles. The molecule has 0 spiro atoms. The molecule has 2 aromatic rings. The van der Waals surface area contributed by atoms with Crippen molar-refractivity contribution in [3.05, 3.63) is 67.8 Å². The average molecular weight is 394 g/mol. The number of rotatable bonds is 3. The molecular formula is C14H11ClF2IN. The van der Waals surface area contributed by atoms with Crippen molar-refractivity contribution in [1.82, 2.24) is 5.32 Å². The minimum atomic E-state index is -0.586. The van der Waals surface area contributed by atoms with Crippen LogP contribution in [0.2, 0.25) is 5.02 Å². The maximum absolute atomic E-state index is 13.9. The summed E-state index contributed by atoms with van der Waals surface area (Å²) in [6.45, 7) is 0. The molecule has 1 nitrogen and oxygen atoms in total. The Balaban J connectivity index is 2.52. The molecule has 0 radical (unpaired) electrons. The highest BCUT2D eigenvalue weighted by Gasteiger charge is 2.19. The van der Waals surface area contributed by atoms with Gasteiger partial charge in [0.2, 0.25) is 0 Å². The molecule has 0 aliphatic carbocycles. The Morgan fingerprint density at radius 2 is 1.84 bits per heavy atom. The lowest BCUT2D eigenvalue weighted by Gasteiger charge is -2.19. The molecule has 1 atom stereocenters. The summed E-state index contributed by atoms with van der Waals surface area (Å²) in [5, 5.41) is 3.62. The van der Waals surface area contributed by atoms with Crippen molar-refractivity contribution in [2.24, 2.45) is 0 Å². The largest absolute Gasteiger partial charge is 0.309 e. The molecule has 5 heteroatoms. The van der Waals surface area contributed by atoms with E-state index in [9.17, 15) is 8.78 Å². The standard InChI is InChI=1S/C14H11ClF2IN/c1-19-14(10-4-3-9(16)7-12(10)17)11-6-8(15)2-5-13(11)18/h2-7,14,19H,1H3. The fourth-order valence-electron chi connectivity index (χ4n) is 1.95. The van der Waals surface area contributed by atoms with Crippen LogP contribution in [0, 0.1) is 15.2 Å². The molecule has 0 fully saturated rings. The molecule has 1 N–H and O–H groups in total. The van der Waals surface area contributed by atoms with Crippen LogP contribution in [0.25, 0.3) is 0 Å². The molecule has 2 aromatic carbocycles. The molecule has 0 aromatic heterocycles. The van der Waals surface area contributed by atoms with E-state index in [1.54, 1.807) is 19.2 Å². The minimum Gasteiger partial charge on any atom is -0.309 e. The quantitative estimate of drug-likeness (QED) is 0.756. The molecule has 100 valence electrons. The van der Waals surface area contributed by atoms with Crippen LogP contribution in [-0.2, 0) is 0 Å². The van der Waals surface area contributed by atoms with Crippen molar-refractivity contribution < 1.29 is 8.78 Å². The van der Waals surface area contributed by atoms with Crippen LogP contribution in [0.4, 0.5) is 8.78 Å². The van der Waals surface area contributed by atoms with Crippen LogP contribution in [0.15, 0.2) is 36.4 Å². The van der Waals surface area contributed by atoms with Crippen LogP contribution in [-0.4, -0.2) is 7.05 Å². The van der Waals surface area contributed by atoms with E-state index in [1.165, 1.54) is 12.1 Å². The summed E-state index contributed by atoms with van der Waals surface area (Å²) < 4.78 is 27.8. The first kappa shape index (κ1) is 14.7. The Kier molecular flexibility index (Phi) is 4.76. The number of halogens is 4. The van der Waals surface area contributed by atoms with Gasteiger partial charge in [-0.2, -0.15) is 0 Å². The fraction of sp³-hybridized carbons (Fsp3) is 0.143. The van der Waals surface area contributed by atoms with Gasteiger partial charge < -0.3 is 5.32 Å². The summed E-state index contributed by atoms with van der Waals surface area (Å²) in [7, 11) is 1.73. The molecule has 1 unspecified atom stereocenters. The summed E-state index contributed by atoms with van der Waals surface area (Å²) in [6.07, 6.45) is 0. The summed E-state index contributed by atoms with van der Waals surface area (Å²) in [6, 6.07) is 8.64. The zero-order chi connectivity index (χ0) is 14.0. The molecule has 19 heavy (non-hydrogen) atoms. The van der Waals surface area contributed by atoms with Crippen LogP contribution in [0.3, 0.4) is 0 Å². The van der Waals surface area contributed by atoms with E-state index in [-0.39, 0.29) is 6.04 Å². The third-order valence-electron chi connectivity index (χ3n) is 2.83. The second kappa shape index (κ2) is 6.15. The predicted octanol–water partition coefficient (Wildman–Crippen LogP) is 4.53. The Hall–Kier alpha value is -0.720. The van der Waals surface area contributed by atoms with Gasteiger partial charge in [0, 0.05) is 20.2 Å². The summed E-state index contributed by atoms with van der Waals surface area (Å²) in [5.74, 6) is -1.16. The van der Waals surface area contributed by atoms with E-state index in [0.29, 0.717) is 10.6 Å². The molecule has 0 aliphatic rings. The van der Waals surface area contributed by atoms with E-state index in [2.05, 4.69) is 27.9 Å². The predicted molar refractivity (Wildman–Crippen MR) is 81.4 cm³/mol. The second-order valence-corrected chi connectivity index (χ2v) is 5.65. The Morgan fingerprint density at radius 3 is 2.47 bits per heavy atom. The van der Waals surface area contributed by atoms with Gasteiger partial charge in [0.05, 0.1) is 6.04 Å². The van der Waals surface area contributed by atoms with Crippen molar-refractivity contribution >= 4 is 34.2 Å². The van der Waals surface area contributed by atoms with Crippen molar-refractivity contribution in [3.63, 3.8) is 0 Å². The van der Waals surface area contributed by atoms with Gasteiger partial charge in [0.25, 0.3) is 0 Å². The van der Waals surface area contributed by atoms with E-state index < -0.39 is 11.6 Å². The Morgan fingerprint density at radius 1 is 1.11 bits per heavy atom. The Labute approximate surface area is 129 Å². The SMILES string of the molecule is CNC(c1ccc(F)cc1F)c1cc(Cl)ccc1I. The molecule has 0 bridgehead atoms. The third kappa shape index (κ3) is 3.24. The summed E-state index contributed by atoms with van der Waals surface area (Å²) >= 11 is 8.15. The minimum absolute atomic E-state index is 0.369. The van der Waals surface area contributed by atoms with Gasteiger partial charge in [0.1, 0.15) is 11.6 Å². The van der Waals surface area contributed by atoms with E-state index in [4.69, 9.17) is 11.6 Å². The maximum Gasteiger partial charge on any atom is 0.131 e. The van der Waals surface area contributed by atoms with Crippen LogP contribution < -0.4 is 5.32 Å². The highest BCUT2D eigenvalue weighted by Crippen LogP contribution is 2.30. The van der Waals surface area contributed by atoms with Gasteiger partial charge in [-0.15, -0.1) is 0 Å². The third-order valence-corrected chi connectivity index (χ3v) is 4.05. The smallest absolute Gasteiger partial charge is 0.131 e. The number of benzene rings is 2. The molecule has 0 amide bonds. The van der Waals surface area contributed by atoms with Crippen LogP contribution in [0.5, 0.6) is 0 Å². The van der Waals surface area contributed by atoms with E-state index >= 15 is 0 Å². The van der Waals surface area contributed by atoms with Crippen LogP contribution in [0.1, 0.15) is 17.2 Å². The molecule has 0 heterocycles. The van der Waals surface area contributed by atoms with Crippen molar-refractivity contribution in [2.45, 2.75) is 6.04 Å². The normalized spacial score (nSPS) is 12.5. The zero-order valence-electron chi connectivity index (χ0n) is 10.1. The Bertz CT molecular complexity index is 604. The van der Waals surface area contributed by atoms with Gasteiger partial charge in [0.15, 0.2) is 0 Å². The first-order valence-corrected chi connectivity index (χ1v) is 7.05. The van der Waals surface area contributed by atoms with Gasteiger partial charge >= 0.3 is 0 Å². The maximum atomic E-state index is 13.9. The van der Waals surface area contributed by atoms with Gasteiger partial charge in [-0.05, 0) is 59.5 Å². The van der Waals surface area contributed by atoms with Gasteiger partial charge in [-0.1, -0.05) is 17.7 Å². The number of nitrogens with one attached hydrogen (secondary N) is 1. The summed E-state index contributed by atoms with van der Waals surface area (Å²) in [4.78, 5) is 0. The van der Waals surface area contributed by atoms with Gasteiger partial charge in [-0.25, -0.2) is 8.78 Å². The van der Waals surface area contributed by atoms with Crippen molar-refractivity contribution in [1.29, 1.82) is 0 Å². The highest BCUT2D eigenvalue weighted by molar-refractivity contribution is 14.1. The molecule has 0 saturated carbocycles. The topological polar surface area (TPSA) is 12.0 Å². The number of hydrogen-bond donors (Lipinski definition) is 1. The number of hydrogen-bond acceptors (Lipinski definition) is 1. The van der Waals surface area contributed by atoms with E-state index in [1.807, 2.05) is 6.07 Å². The monoisotopic (exact) mass is 393 g/mol. The second-order valence-electron chi connectivity index (χ2n) is 4.05. The van der Waals surface area contributed by atoms with E-state index in [0.717, 1.165) is 15.2 Å². The average Bonchev–Trinajstić information content (AvgIpc) is 2.36. The lowest BCUT2D eigenvalue weighted by Crippen LogP contribution is -2.20. The molecule has 2 rings (SSSR count). The fourth-order valence-corrected chi connectivity index (χ4v) is 2.78. The highest BCUT2D eigenvalue weighted by atomic mass is 127. The molecule has 0 saturated heterocycles. The van der Waals surface area contributed by atoms with Crippen LogP contribution >= 0.6 is 34.2 Å². The summed E-state index contributed by atoms with van der Waals surface area (Å²) in [5.41, 5.74) is 1.25. The lowest BCUT2D eigenvalue weighted by atomic mass is 9.98.